The van der Waals surface area contributed by atoms with Crippen molar-refractivity contribution in [2.45, 2.75) is 40.5 Å². The third-order valence-corrected chi connectivity index (χ3v) is 4.57. The van der Waals surface area contributed by atoms with Crippen LogP contribution in [0.5, 0.6) is 0 Å². The second-order valence-electron chi connectivity index (χ2n) is 5.17. The van der Waals surface area contributed by atoms with Crippen LogP contribution in [0.15, 0.2) is 0 Å². The first kappa shape index (κ1) is 10.7. The van der Waals surface area contributed by atoms with Crippen molar-refractivity contribution < 1.29 is 10.5 Å². The van der Waals surface area contributed by atoms with E-state index in [9.17, 15) is 4.79 Å². The molecule has 3 N–H and O–H groups in total. The lowest BCUT2D eigenvalue weighted by Gasteiger charge is -2.38. The van der Waals surface area contributed by atoms with Crippen molar-refractivity contribution in [2.24, 2.45) is 16.7 Å². The van der Waals surface area contributed by atoms with Gasteiger partial charge < -0.3 is 5.73 Å². The number of ketones is 1. The van der Waals surface area contributed by atoms with Crippen LogP contribution >= 0.6 is 0 Å². The Morgan fingerprint density at radius 1 is 1.46 bits per heavy atom. The maximum atomic E-state index is 11.8. The van der Waals surface area contributed by atoms with Gasteiger partial charge in [-0.1, -0.05) is 27.7 Å². The van der Waals surface area contributed by atoms with Crippen LogP contribution in [-0.2, 0) is 4.79 Å². The average Bonchev–Trinajstić information content (AvgIpc) is 2.29. The molecular weight excluding hydrogens is 162 g/mol. The lowest BCUT2D eigenvalue weighted by Crippen LogP contribution is -2.59. The summed E-state index contributed by atoms with van der Waals surface area (Å²) in [5.74, 6) is 0.981. The number of hydrogen-bond acceptors (Lipinski definition) is 1. The van der Waals surface area contributed by atoms with E-state index in [1.807, 2.05) is 0 Å². The first-order valence-electron chi connectivity index (χ1n) is 5.19. The molecule has 0 bridgehead atoms. The van der Waals surface area contributed by atoms with Gasteiger partial charge in [-0.2, -0.15) is 0 Å². The molecule has 0 aromatic carbocycles. The van der Waals surface area contributed by atoms with Crippen molar-refractivity contribution in [3.8, 4) is 0 Å². The van der Waals surface area contributed by atoms with Crippen molar-refractivity contribution >= 4 is 5.78 Å². The molecule has 0 aromatic rings. The molecule has 1 aliphatic rings. The molecule has 1 aliphatic carbocycles. The molecule has 0 heterocycles. The maximum Gasteiger partial charge on any atom is 0.193 e. The van der Waals surface area contributed by atoms with Crippen molar-refractivity contribution in [3.63, 3.8) is 0 Å². The summed E-state index contributed by atoms with van der Waals surface area (Å²) in [6.45, 7) is 9.24. The minimum Gasteiger partial charge on any atom is -0.351 e. The average molecular weight is 184 g/mol. The first-order valence-corrected chi connectivity index (χ1v) is 5.19. The van der Waals surface area contributed by atoms with Gasteiger partial charge in [0.15, 0.2) is 5.78 Å². The van der Waals surface area contributed by atoms with E-state index in [1.54, 1.807) is 0 Å². The highest BCUT2D eigenvalue weighted by Crippen LogP contribution is 2.55. The van der Waals surface area contributed by atoms with Crippen LogP contribution in [0.1, 0.15) is 40.5 Å². The summed E-state index contributed by atoms with van der Waals surface area (Å²) in [7, 11) is 0. The van der Waals surface area contributed by atoms with Gasteiger partial charge in [0.2, 0.25) is 0 Å². The van der Waals surface area contributed by atoms with Crippen LogP contribution in [0, 0.1) is 16.7 Å². The topological polar surface area (TPSA) is 44.7 Å². The van der Waals surface area contributed by atoms with Crippen molar-refractivity contribution in [1.29, 1.82) is 0 Å². The predicted molar refractivity (Wildman–Crippen MR) is 53.0 cm³/mol. The van der Waals surface area contributed by atoms with Gasteiger partial charge in [-0.25, -0.2) is 0 Å². The molecule has 1 fully saturated rings. The molecule has 0 aromatic heterocycles. The molecule has 13 heavy (non-hydrogen) atoms. The second-order valence-corrected chi connectivity index (χ2v) is 5.17. The third-order valence-electron chi connectivity index (χ3n) is 4.57. The van der Waals surface area contributed by atoms with Crippen LogP contribution in [0.3, 0.4) is 0 Å². The fourth-order valence-corrected chi connectivity index (χ4v) is 2.51. The number of carbonyl (C=O) groups excluding carboxylic acids is 1. The number of rotatable bonds is 2. The molecule has 2 atom stereocenters. The molecule has 0 spiro atoms. The second kappa shape index (κ2) is 3.09. The third kappa shape index (κ3) is 1.32. The Balaban J connectivity index is 2.98. The largest absolute Gasteiger partial charge is 0.351 e. The zero-order chi connectivity index (χ0) is 10.3. The highest BCUT2D eigenvalue weighted by atomic mass is 16.1. The van der Waals surface area contributed by atoms with E-state index in [0.29, 0.717) is 18.2 Å². The van der Waals surface area contributed by atoms with E-state index < -0.39 is 0 Å². The zero-order valence-electron chi connectivity index (χ0n) is 9.31. The minimum absolute atomic E-state index is 0.131. The Bertz CT molecular complexity index is 222. The van der Waals surface area contributed by atoms with E-state index >= 15 is 0 Å². The molecule has 2 unspecified atom stereocenters. The van der Waals surface area contributed by atoms with Crippen LogP contribution in [0.2, 0.25) is 0 Å². The maximum absolute atomic E-state index is 11.8. The Morgan fingerprint density at radius 3 is 2.31 bits per heavy atom. The van der Waals surface area contributed by atoms with Crippen LogP contribution in [0.25, 0.3) is 0 Å². The van der Waals surface area contributed by atoms with E-state index in [2.05, 4.69) is 33.4 Å². The Labute approximate surface area is 80.9 Å². The van der Waals surface area contributed by atoms with Gasteiger partial charge in [-0.15, -0.1) is 0 Å². The van der Waals surface area contributed by atoms with E-state index in [0.717, 1.165) is 6.42 Å². The van der Waals surface area contributed by atoms with Gasteiger partial charge in [0.25, 0.3) is 0 Å². The van der Waals surface area contributed by atoms with Crippen LogP contribution < -0.4 is 5.73 Å². The van der Waals surface area contributed by atoms with Gasteiger partial charge in [-0.05, 0) is 24.2 Å². The number of quaternary nitrogens is 1. The number of carbonyl (C=O) groups is 1. The van der Waals surface area contributed by atoms with Gasteiger partial charge in [0.1, 0.15) is 6.54 Å². The molecule has 2 nitrogen and oxygen atoms in total. The monoisotopic (exact) mass is 184 g/mol. The van der Waals surface area contributed by atoms with Gasteiger partial charge in [0, 0.05) is 5.41 Å². The summed E-state index contributed by atoms with van der Waals surface area (Å²) < 4.78 is 0. The van der Waals surface area contributed by atoms with Crippen LogP contribution in [-0.4, -0.2) is 12.3 Å². The van der Waals surface area contributed by atoms with Gasteiger partial charge in [-0.3, -0.25) is 4.79 Å². The predicted octanol–water partition coefficient (Wildman–Crippen LogP) is 1.26. The molecule has 0 amide bonds. The lowest BCUT2D eigenvalue weighted by atomic mass is 9.64. The minimum atomic E-state index is -0.131. The molecule has 0 saturated heterocycles. The molecular formula is C11H22NO+. The normalized spacial score (nSPS) is 37.8. The summed E-state index contributed by atoms with van der Waals surface area (Å²) in [6, 6.07) is 0. The van der Waals surface area contributed by atoms with E-state index in [-0.39, 0.29) is 10.8 Å². The summed E-state index contributed by atoms with van der Waals surface area (Å²) in [6.07, 6.45) is 2.21. The Kier molecular flexibility index (Phi) is 2.54. The van der Waals surface area contributed by atoms with E-state index in [4.69, 9.17) is 0 Å². The summed E-state index contributed by atoms with van der Waals surface area (Å²) in [5, 5.41) is 0. The summed E-state index contributed by atoms with van der Waals surface area (Å²) >= 11 is 0. The SMILES string of the molecule is CC1CCC(C)(C(=O)C[NH3+])C1(C)C. The molecule has 0 aliphatic heterocycles. The fourth-order valence-electron chi connectivity index (χ4n) is 2.51. The van der Waals surface area contributed by atoms with Crippen molar-refractivity contribution in [2.75, 3.05) is 6.54 Å². The van der Waals surface area contributed by atoms with Crippen molar-refractivity contribution in [1.82, 2.24) is 0 Å². The lowest BCUT2D eigenvalue weighted by molar-refractivity contribution is -0.357. The van der Waals surface area contributed by atoms with Crippen molar-refractivity contribution in [3.05, 3.63) is 0 Å². The van der Waals surface area contributed by atoms with E-state index in [1.165, 1.54) is 6.42 Å². The molecule has 0 radical (unpaired) electrons. The first-order chi connectivity index (χ1) is 5.86. The standard InChI is InChI=1S/C11H21NO/c1-8-5-6-11(4,9(13)7-12)10(8,2)3/h8H,5-7,12H2,1-4H3/p+1. The van der Waals surface area contributed by atoms with Crippen LogP contribution in [0.4, 0.5) is 0 Å². The summed E-state index contributed by atoms with van der Waals surface area (Å²) in [4.78, 5) is 11.8. The number of Topliss-reactive ketones (excluding diaryl/α,β-unsaturated/α-hetero) is 1. The van der Waals surface area contributed by atoms with Gasteiger partial charge in [0.05, 0.1) is 0 Å². The Morgan fingerprint density at radius 2 is 2.00 bits per heavy atom. The molecule has 1 saturated carbocycles. The quantitative estimate of drug-likeness (QED) is 0.690. The fraction of sp³-hybridized carbons (Fsp3) is 0.909. The smallest absolute Gasteiger partial charge is 0.193 e. The molecule has 76 valence electrons. The van der Waals surface area contributed by atoms with Gasteiger partial charge >= 0.3 is 0 Å². The highest BCUT2D eigenvalue weighted by molar-refractivity contribution is 5.86. The zero-order valence-corrected chi connectivity index (χ0v) is 9.31. The highest BCUT2D eigenvalue weighted by Gasteiger charge is 2.53. The molecule has 2 heteroatoms. The Hall–Kier alpha value is -0.370. The number of hydrogen-bond donors (Lipinski definition) is 1. The summed E-state index contributed by atoms with van der Waals surface area (Å²) in [5.41, 5.74) is 3.73. The molecule has 1 rings (SSSR count).